The third-order valence-corrected chi connectivity index (χ3v) is 4.04. The van der Waals surface area contributed by atoms with Crippen molar-refractivity contribution in [3.63, 3.8) is 0 Å². The van der Waals surface area contributed by atoms with Crippen molar-refractivity contribution >= 4 is 6.09 Å². The molecule has 0 bridgehead atoms. The minimum absolute atomic E-state index is 0.0211. The van der Waals surface area contributed by atoms with Crippen LogP contribution in [0.5, 0.6) is 5.88 Å². The van der Waals surface area contributed by atoms with Crippen LogP contribution in [-0.4, -0.2) is 28.3 Å². The van der Waals surface area contributed by atoms with E-state index in [1.807, 2.05) is 19.9 Å². The molecule has 0 saturated carbocycles. The van der Waals surface area contributed by atoms with Crippen molar-refractivity contribution in [2.24, 2.45) is 11.7 Å². The van der Waals surface area contributed by atoms with Crippen LogP contribution >= 0.6 is 0 Å². The molecule has 0 fully saturated rings. The fourth-order valence-electron chi connectivity index (χ4n) is 3.09. The number of hydrogen-bond acceptors (Lipinski definition) is 6. The van der Waals surface area contributed by atoms with Crippen molar-refractivity contribution in [1.29, 1.82) is 5.26 Å². The molecule has 2 aromatic heterocycles. The van der Waals surface area contributed by atoms with E-state index in [2.05, 4.69) is 9.97 Å². The van der Waals surface area contributed by atoms with Crippen LogP contribution in [0.1, 0.15) is 44.9 Å². The van der Waals surface area contributed by atoms with E-state index in [0.29, 0.717) is 12.0 Å². The van der Waals surface area contributed by atoms with Crippen LogP contribution in [0.25, 0.3) is 11.1 Å². The van der Waals surface area contributed by atoms with Gasteiger partial charge in [0.25, 0.3) is 6.43 Å². The zero-order valence-electron chi connectivity index (χ0n) is 16.4. The molecule has 2 N–H and O–H groups in total. The number of nitrogens with zero attached hydrogens (tertiary/aromatic N) is 3. The lowest BCUT2D eigenvalue weighted by Gasteiger charge is -2.30. The first-order chi connectivity index (χ1) is 13.6. The number of nitriles is 1. The fraction of sp³-hybridized carbons (Fsp3) is 0.400. The number of ether oxygens (including phenoxy) is 2. The Bertz CT molecular complexity index is 901. The highest BCUT2D eigenvalue weighted by molar-refractivity contribution is 5.68. The molecule has 2 aromatic rings. The summed E-state index contributed by atoms with van der Waals surface area (Å²) in [5, 5.41) is 9.46. The first-order valence-electron chi connectivity index (χ1n) is 8.90. The first kappa shape index (κ1) is 22.0. The normalized spacial score (nSPS) is 13.0. The lowest BCUT2D eigenvalue weighted by Crippen LogP contribution is -2.41. The van der Waals surface area contributed by atoms with E-state index in [9.17, 15) is 18.8 Å². The molecule has 0 spiro atoms. The summed E-state index contributed by atoms with van der Waals surface area (Å²) < 4.78 is 38.0. The van der Waals surface area contributed by atoms with E-state index in [0.717, 1.165) is 0 Å². The number of nitrogens with two attached hydrogens (primary N) is 1. The van der Waals surface area contributed by atoms with Gasteiger partial charge in [0.1, 0.15) is 29.5 Å². The van der Waals surface area contributed by atoms with Gasteiger partial charge in [0.2, 0.25) is 5.88 Å². The van der Waals surface area contributed by atoms with Gasteiger partial charge in [0.15, 0.2) is 0 Å². The first-order valence-corrected chi connectivity index (χ1v) is 8.90. The van der Waals surface area contributed by atoms with Gasteiger partial charge in [-0.05, 0) is 43.0 Å². The summed E-state index contributed by atoms with van der Waals surface area (Å²) in [7, 11) is 0. The van der Waals surface area contributed by atoms with Crippen molar-refractivity contribution in [3.8, 4) is 23.1 Å². The number of aromatic nitrogens is 2. The molecule has 1 amide bonds. The Balaban J connectivity index is 2.41. The molecule has 1 atom stereocenters. The second kappa shape index (κ2) is 9.28. The maximum Gasteiger partial charge on any atom is 0.405 e. The molecule has 2 rings (SSSR count). The number of amides is 1. The Hall–Kier alpha value is -3.28. The summed E-state index contributed by atoms with van der Waals surface area (Å²) in [5.41, 5.74) is 4.05. The summed E-state index contributed by atoms with van der Waals surface area (Å²) in [5.74, 6) is -0.124. The van der Waals surface area contributed by atoms with E-state index in [-0.39, 0.29) is 29.5 Å². The zero-order chi connectivity index (χ0) is 21.6. The Morgan fingerprint density at radius 3 is 2.52 bits per heavy atom. The van der Waals surface area contributed by atoms with Gasteiger partial charge in [-0.1, -0.05) is 13.8 Å². The number of primary amides is 1. The van der Waals surface area contributed by atoms with Gasteiger partial charge in [-0.2, -0.15) is 5.26 Å². The number of rotatable bonds is 8. The summed E-state index contributed by atoms with van der Waals surface area (Å²) in [4.78, 5) is 19.0. The quantitative estimate of drug-likeness (QED) is 0.705. The second-order valence-corrected chi connectivity index (χ2v) is 7.18. The zero-order valence-corrected chi connectivity index (χ0v) is 16.4. The highest BCUT2D eigenvalue weighted by Crippen LogP contribution is 2.34. The standard InChI is InChI=1S/C20H22F2N4O3/c1-12(2)9-20(3,29-19(24)27)11-28-18-14(10-23)8-15(16(26-18)17(21)22)13-4-6-25-7-5-13/h4-8,12,17H,9,11H2,1-3H3,(H2,24,27). The van der Waals surface area contributed by atoms with Crippen LogP contribution in [0.2, 0.25) is 0 Å². The fourth-order valence-corrected chi connectivity index (χ4v) is 3.09. The van der Waals surface area contributed by atoms with E-state index in [4.69, 9.17) is 15.2 Å². The van der Waals surface area contributed by atoms with Crippen molar-refractivity contribution in [3.05, 3.63) is 41.9 Å². The Morgan fingerprint density at radius 1 is 1.34 bits per heavy atom. The molecule has 0 aliphatic heterocycles. The third-order valence-electron chi connectivity index (χ3n) is 4.04. The second-order valence-electron chi connectivity index (χ2n) is 7.18. The summed E-state index contributed by atoms with van der Waals surface area (Å²) in [6.45, 7) is 5.25. The number of carbonyl (C=O) groups is 1. The Labute approximate surface area is 167 Å². The molecule has 9 heteroatoms. The molecule has 29 heavy (non-hydrogen) atoms. The lowest BCUT2D eigenvalue weighted by atomic mass is 9.95. The molecular weight excluding hydrogens is 382 g/mol. The van der Waals surface area contributed by atoms with Crippen LogP contribution < -0.4 is 10.5 Å². The maximum absolute atomic E-state index is 13.6. The Morgan fingerprint density at radius 2 is 2.00 bits per heavy atom. The molecule has 7 nitrogen and oxygen atoms in total. The molecule has 154 valence electrons. The van der Waals surface area contributed by atoms with Gasteiger partial charge in [-0.3, -0.25) is 4.98 Å². The average Bonchev–Trinajstić information content (AvgIpc) is 2.65. The topological polar surface area (TPSA) is 111 Å². The smallest absolute Gasteiger partial charge is 0.405 e. The maximum atomic E-state index is 13.6. The molecule has 0 aliphatic rings. The number of hydrogen-bond donors (Lipinski definition) is 1. The molecular formula is C20H22F2N4O3. The van der Waals surface area contributed by atoms with Crippen LogP contribution in [0.4, 0.5) is 13.6 Å². The lowest BCUT2D eigenvalue weighted by molar-refractivity contribution is -0.0198. The van der Waals surface area contributed by atoms with E-state index >= 15 is 0 Å². The molecule has 1 unspecified atom stereocenters. The highest BCUT2D eigenvalue weighted by atomic mass is 19.3. The molecule has 2 heterocycles. The largest absolute Gasteiger partial charge is 0.472 e. The number of carbonyl (C=O) groups excluding carboxylic acids is 1. The van der Waals surface area contributed by atoms with Crippen molar-refractivity contribution in [2.75, 3.05) is 6.61 Å². The summed E-state index contributed by atoms with van der Waals surface area (Å²) >= 11 is 0. The molecule has 0 radical (unpaired) electrons. The minimum Gasteiger partial charge on any atom is -0.472 e. The van der Waals surface area contributed by atoms with Crippen LogP contribution in [-0.2, 0) is 4.74 Å². The van der Waals surface area contributed by atoms with E-state index in [1.165, 1.54) is 18.5 Å². The van der Waals surface area contributed by atoms with E-state index in [1.54, 1.807) is 19.1 Å². The van der Waals surface area contributed by atoms with Crippen molar-refractivity contribution in [1.82, 2.24) is 9.97 Å². The summed E-state index contributed by atoms with van der Waals surface area (Å²) in [6, 6.07) is 6.30. The van der Waals surface area contributed by atoms with Gasteiger partial charge in [0, 0.05) is 18.0 Å². The van der Waals surface area contributed by atoms with Gasteiger partial charge < -0.3 is 15.2 Å². The monoisotopic (exact) mass is 404 g/mol. The van der Waals surface area contributed by atoms with Crippen LogP contribution in [0, 0.1) is 17.2 Å². The van der Waals surface area contributed by atoms with Crippen LogP contribution in [0.15, 0.2) is 30.6 Å². The molecule has 0 aliphatic carbocycles. The summed E-state index contributed by atoms with van der Waals surface area (Å²) in [6.07, 6.45) is -0.544. The van der Waals surface area contributed by atoms with Crippen molar-refractivity contribution < 1.29 is 23.0 Å². The molecule has 0 aromatic carbocycles. The highest BCUT2D eigenvalue weighted by Gasteiger charge is 2.31. The Kier molecular flexibility index (Phi) is 7.04. The van der Waals surface area contributed by atoms with Crippen LogP contribution in [0.3, 0.4) is 0 Å². The number of alkyl halides is 2. The minimum atomic E-state index is -2.89. The van der Waals surface area contributed by atoms with Gasteiger partial charge >= 0.3 is 6.09 Å². The van der Waals surface area contributed by atoms with Gasteiger partial charge in [0.05, 0.1) is 0 Å². The number of pyridine rings is 2. The molecule has 0 saturated heterocycles. The van der Waals surface area contributed by atoms with Crippen molar-refractivity contribution in [2.45, 2.75) is 39.2 Å². The van der Waals surface area contributed by atoms with Gasteiger partial charge in [-0.15, -0.1) is 0 Å². The predicted octanol–water partition coefficient (Wildman–Crippen LogP) is 4.23. The SMILES string of the molecule is CC(C)CC(C)(COc1nc(C(F)F)c(-c2ccncc2)cc1C#N)OC(N)=O. The third kappa shape index (κ3) is 5.85. The number of halogens is 2. The van der Waals surface area contributed by atoms with E-state index < -0.39 is 23.8 Å². The average molecular weight is 404 g/mol. The van der Waals surface area contributed by atoms with Gasteiger partial charge in [-0.25, -0.2) is 18.6 Å². The predicted molar refractivity (Wildman–Crippen MR) is 101 cm³/mol.